The molecule has 1 aliphatic rings. The van der Waals surface area contributed by atoms with Crippen LogP contribution in [0.3, 0.4) is 0 Å². The van der Waals surface area contributed by atoms with E-state index in [1.165, 1.54) is 122 Å². The molecule has 1 aliphatic carbocycles. The summed E-state index contributed by atoms with van der Waals surface area (Å²) < 4.78 is 4.84. The van der Waals surface area contributed by atoms with Crippen molar-refractivity contribution in [2.24, 2.45) is 0 Å². The van der Waals surface area contributed by atoms with Crippen molar-refractivity contribution in [1.29, 1.82) is 0 Å². The van der Waals surface area contributed by atoms with Crippen LogP contribution < -0.4 is 0 Å². The molecular weight excluding hydrogens is 905 g/mol. The van der Waals surface area contributed by atoms with Gasteiger partial charge in [-0.3, -0.25) is 0 Å². The first kappa shape index (κ1) is 42.9. The second-order valence-electron chi connectivity index (χ2n) is 20.0. The average molecular weight is 953 g/mol. The molecule has 0 saturated carbocycles. The van der Waals surface area contributed by atoms with Crippen molar-refractivity contribution >= 4 is 43.6 Å². The Morgan fingerprint density at radius 3 is 1.23 bits per heavy atom. The summed E-state index contributed by atoms with van der Waals surface area (Å²) in [5.41, 5.74) is 23.9. The van der Waals surface area contributed by atoms with E-state index < -0.39 is 5.41 Å². The molecule has 0 unspecified atom stereocenters. The van der Waals surface area contributed by atoms with E-state index in [-0.39, 0.29) is 0 Å². The maximum absolute atomic E-state index is 2.44. The largest absolute Gasteiger partial charge is 0.309 e. The van der Waals surface area contributed by atoms with Crippen LogP contribution in [0.2, 0.25) is 0 Å². The molecule has 75 heavy (non-hydrogen) atoms. The normalized spacial score (nSPS) is 12.6. The summed E-state index contributed by atoms with van der Waals surface area (Å²) >= 11 is 0. The Kier molecular flexibility index (Phi) is 9.83. The van der Waals surface area contributed by atoms with Crippen molar-refractivity contribution in [1.82, 2.24) is 9.13 Å². The molecule has 0 fully saturated rings. The predicted octanol–water partition coefficient (Wildman–Crippen LogP) is 18.9. The molecule has 12 aromatic carbocycles. The highest BCUT2D eigenvalue weighted by atomic mass is 15.0. The van der Waals surface area contributed by atoms with E-state index >= 15 is 0 Å². The average Bonchev–Trinajstić information content (AvgIpc) is 4.13. The van der Waals surface area contributed by atoms with Crippen LogP contribution in [0.1, 0.15) is 22.3 Å². The van der Waals surface area contributed by atoms with Crippen LogP contribution in [0.4, 0.5) is 0 Å². The van der Waals surface area contributed by atoms with Gasteiger partial charge in [0.2, 0.25) is 0 Å². The third-order valence-corrected chi connectivity index (χ3v) is 16.0. The van der Waals surface area contributed by atoms with Crippen molar-refractivity contribution in [2.75, 3.05) is 0 Å². The van der Waals surface area contributed by atoms with Crippen LogP contribution in [-0.4, -0.2) is 9.13 Å². The van der Waals surface area contributed by atoms with Gasteiger partial charge < -0.3 is 9.13 Å². The van der Waals surface area contributed by atoms with Crippen molar-refractivity contribution in [2.45, 2.75) is 5.41 Å². The minimum absolute atomic E-state index is 0.452. The highest BCUT2D eigenvalue weighted by Gasteiger charge is 2.45. The van der Waals surface area contributed by atoms with E-state index in [9.17, 15) is 0 Å². The van der Waals surface area contributed by atoms with Gasteiger partial charge in [-0.25, -0.2) is 0 Å². The predicted molar refractivity (Wildman–Crippen MR) is 314 cm³/mol. The summed E-state index contributed by atoms with van der Waals surface area (Å²) in [5.74, 6) is 0. The van der Waals surface area contributed by atoms with Crippen LogP contribution in [0.5, 0.6) is 0 Å². The van der Waals surface area contributed by atoms with Crippen LogP contribution >= 0.6 is 0 Å². The first-order chi connectivity index (χ1) is 37.2. The van der Waals surface area contributed by atoms with E-state index in [1.54, 1.807) is 0 Å². The molecule has 350 valence electrons. The molecule has 0 bridgehead atoms. The molecule has 0 spiro atoms. The van der Waals surface area contributed by atoms with Crippen molar-refractivity contribution in [3.05, 3.63) is 313 Å². The van der Waals surface area contributed by atoms with Crippen molar-refractivity contribution in [3.8, 4) is 67.0 Å². The van der Waals surface area contributed by atoms with E-state index in [0.29, 0.717) is 0 Å². The lowest BCUT2D eigenvalue weighted by molar-refractivity contribution is 0.769. The van der Waals surface area contributed by atoms with Crippen molar-refractivity contribution < 1.29 is 0 Å². The molecule has 14 aromatic rings. The maximum atomic E-state index is 2.44. The van der Waals surface area contributed by atoms with Gasteiger partial charge in [-0.1, -0.05) is 218 Å². The minimum Gasteiger partial charge on any atom is -0.309 e. The summed E-state index contributed by atoms with van der Waals surface area (Å²) in [6.07, 6.45) is 0. The number of aromatic nitrogens is 2. The molecule has 2 nitrogen and oxygen atoms in total. The van der Waals surface area contributed by atoms with Crippen LogP contribution in [0.15, 0.2) is 291 Å². The molecule has 0 aliphatic heterocycles. The van der Waals surface area contributed by atoms with Gasteiger partial charge in [0.05, 0.1) is 27.5 Å². The Balaban J connectivity index is 0.794. The van der Waals surface area contributed by atoms with Crippen LogP contribution in [0, 0.1) is 0 Å². The first-order valence-electron chi connectivity index (χ1n) is 26.0. The fourth-order valence-electron chi connectivity index (χ4n) is 12.6. The van der Waals surface area contributed by atoms with E-state index in [0.717, 1.165) is 11.4 Å². The van der Waals surface area contributed by atoms with Gasteiger partial charge in [0.1, 0.15) is 0 Å². The molecule has 15 rings (SSSR count). The Hall–Kier alpha value is -9.76. The molecule has 2 heteroatoms. The van der Waals surface area contributed by atoms with Gasteiger partial charge >= 0.3 is 0 Å². The molecule has 0 atom stereocenters. The summed E-state index contributed by atoms with van der Waals surface area (Å²) in [5, 5.41) is 4.96. The molecule has 2 aromatic heterocycles. The van der Waals surface area contributed by atoms with Crippen LogP contribution in [0.25, 0.3) is 111 Å². The first-order valence-corrected chi connectivity index (χ1v) is 26.0. The van der Waals surface area contributed by atoms with Gasteiger partial charge in [0, 0.05) is 32.9 Å². The number of nitrogens with zero attached hydrogens (tertiary/aromatic N) is 2. The molecule has 0 N–H and O–H groups in total. The third-order valence-electron chi connectivity index (χ3n) is 16.0. The SMILES string of the molecule is c1ccc(-c2ccc(-n3c4ccccc4c4cc(-c5ccc6c(c5)c5ccccc5n6-c5cccc(-c6cccc(-c7cccc(C8(c9ccccc9)c9ccccc9-c9ccccc98)c7)c6)c5)ccc43)cc2)cc1. The molecule has 0 saturated heterocycles. The third kappa shape index (κ3) is 6.73. The lowest BCUT2D eigenvalue weighted by atomic mass is 9.67. The number of rotatable bonds is 8. The number of para-hydroxylation sites is 2. The summed E-state index contributed by atoms with van der Waals surface area (Å²) in [6, 6.07) is 108. The Morgan fingerprint density at radius 1 is 0.213 bits per heavy atom. The monoisotopic (exact) mass is 952 g/mol. The van der Waals surface area contributed by atoms with E-state index in [4.69, 9.17) is 0 Å². The second kappa shape index (κ2) is 17.2. The Morgan fingerprint density at radius 2 is 0.613 bits per heavy atom. The highest BCUT2D eigenvalue weighted by Crippen LogP contribution is 2.56. The molecule has 2 heterocycles. The zero-order valence-corrected chi connectivity index (χ0v) is 41.1. The quantitative estimate of drug-likeness (QED) is 0.144. The van der Waals surface area contributed by atoms with Crippen molar-refractivity contribution in [3.63, 3.8) is 0 Å². The fourth-order valence-corrected chi connectivity index (χ4v) is 12.6. The highest BCUT2D eigenvalue weighted by molar-refractivity contribution is 6.13. The topological polar surface area (TPSA) is 9.86 Å². The number of benzene rings is 12. The second-order valence-corrected chi connectivity index (χ2v) is 20.0. The minimum atomic E-state index is -0.452. The van der Waals surface area contributed by atoms with E-state index in [1.807, 2.05) is 0 Å². The standard InChI is InChI=1S/C73H48N2/c1-3-18-49(19-4-1)50-36-40-59(41-37-50)74-69-34-13-9-30-63(69)65-47-55(38-42-71(65)74)56-39-43-72-66(48-56)64-31-10-14-35-70(64)75(72)60-27-17-23-54(46-60)52-21-15-20-51(44-52)53-22-16-26-58(45-53)73(57-24-5-2-6-25-57)67-32-11-7-28-61(67)62-29-8-12-33-68(62)73/h1-48H. The zero-order valence-electron chi connectivity index (χ0n) is 41.1. The maximum Gasteiger partial charge on any atom is 0.0713 e. The van der Waals surface area contributed by atoms with E-state index in [2.05, 4.69) is 300 Å². The molecular formula is C73H48N2. The van der Waals surface area contributed by atoms with Gasteiger partial charge in [-0.05, 0) is 151 Å². The lowest BCUT2D eigenvalue weighted by Crippen LogP contribution is -2.28. The summed E-state index contributed by atoms with van der Waals surface area (Å²) in [4.78, 5) is 0. The molecule has 0 amide bonds. The lowest BCUT2D eigenvalue weighted by Gasteiger charge is -2.34. The van der Waals surface area contributed by atoms with Gasteiger partial charge in [0.25, 0.3) is 0 Å². The smallest absolute Gasteiger partial charge is 0.0713 e. The number of fused-ring (bicyclic) bond motifs is 9. The summed E-state index contributed by atoms with van der Waals surface area (Å²) in [7, 11) is 0. The van der Waals surface area contributed by atoms with Gasteiger partial charge in [-0.2, -0.15) is 0 Å². The Bertz CT molecular complexity index is 4470. The summed E-state index contributed by atoms with van der Waals surface area (Å²) in [6.45, 7) is 0. The number of hydrogen-bond donors (Lipinski definition) is 0. The van der Waals surface area contributed by atoms with Gasteiger partial charge in [0.15, 0.2) is 0 Å². The van der Waals surface area contributed by atoms with Crippen LogP contribution in [-0.2, 0) is 5.41 Å². The zero-order chi connectivity index (χ0) is 49.5. The number of hydrogen-bond acceptors (Lipinski definition) is 0. The molecule has 0 radical (unpaired) electrons. The van der Waals surface area contributed by atoms with Gasteiger partial charge in [-0.15, -0.1) is 0 Å². The fraction of sp³-hybridized carbons (Fsp3) is 0.0137. The Labute approximate surface area is 436 Å².